The molecule has 0 bridgehead atoms. The summed E-state index contributed by atoms with van der Waals surface area (Å²) in [5.41, 5.74) is 2.75. The van der Waals surface area contributed by atoms with Crippen LogP contribution in [-0.4, -0.2) is 60.1 Å². The molecule has 1 fully saturated rings. The van der Waals surface area contributed by atoms with Crippen LogP contribution in [0.1, 0.15) is 5.56 Å². The summed E-state index contributed by atoms with van der Waals surface area (Å²) in [6.07, 6.45) is 3.10. The van der Waals surface area contributed by atoms with E-state index >= 15 is 0 Å². The molecule has 0 amide bonds. The van der Waals surface area contributed by atoms with Crippen LogP contribution in [0.3, 0.4) is 0 Å². The molecule has 33 heavy (non-hydrogen) atoms. The number of rotatable bonds is 6. The topological polar surface area (TPSA) is 91.4 Å². The second kappa shape index (κ2) is 8.84. The molecule has 170 valence electrons. The van der Waals surface area contributed by atoms with Crippen LogP contribution in [0.2, 0.25) is 0 Å². The molecule has 1 aliphatic heterocycles. The van der Waals surface area contributed by atoms with Crippen molar-refractivity contribution in [1.82, 2.24) is 19.3 Å². The summed E-state index contributed by atoms with van der Waals surface area (Å²) in [7, 11) is -3.19. The highest BCUT2D eigenvalue weighted by molar-refractivity contribution is 7.88. The van der Waals surface area contributed by atoms with Crippen molar-refractivity contribution in [3.8, 4) is 17.1 Å². The Bertz CT molecular complexity index is 1350. The van der Waals surface area contributed by atoms with E-state index in [1.165, 1.54) is 10.6 Å². The van der Waals surface area contributed by atoms with E-state index in [-0.39, 0.29) is 0 Å². The zero-order valence-corrected chi connectivity index (χ0v) is 19.1. The molecule has 1 N–H and O–H groups in total. The van der Waals surface area contributed by atoms with Crippen LogP contribution < -0.4 is 9.64 Å². The van der Waals surface area contributed by atoms with E-state index in [4.69, 9.17) is 14.7 Å². The Kier molecular flexibility index (Phi) is 5.74. The molecule has 3 heterocycles. The molecule has 9 heteroatoms. The molecule has 0 aliphatic carbocycles. The van der Waals surface area contributed by atoms with Gasteiger partial charge in [-0.3, -0.25) is 0 Å². The molecule has 1 aliphatic rings. The molecule has 0 saturated carbocycles. The number of nitrogens with zero attached hydrogens (tertiary/aromatic N) is 4. The number of hydrogen-bond donors (Lipinski definition) is 1. The maximum absolute atomic E-state index is 11.9. The van der Waals surface area contributed by atoms with Gasteiger partial charge in [0.1, 0.15) is 23.8 Å². The van der Waals surface area contributed by atoms with Crippen molar-refractivity contribution < 1.29 is 13.2 Å². The maximum atomic E-state index is 11.9. The first-order valence-electron chi connectivity index (χ1n) is 10.8. The van der Waals surface area contributed by atoms with Crippen LogP contribution in [-0.2, 0) is 16.6 Å². The van der Waals surface area contributed by atoms with Crippen LogP contribution >= 0.6 is 0 Å². The molecule has 0 spiro atoms. The summed E-state index contributed by atoms with van der Waals surface area (Å²) in [5, 5.41) is 0.925. The summed E-state index contributed by atoms with van der Waals surface area (Å²) in [5.74, 6) is 2.20. The lowest BCUT2D eigenvalue weighted by Gasteiger charge is -2.34. The van der Waals surface area contributed by atoms with Crippen molar-refractivity contribution in [2.24, 2.45) is 0 Å². The van der Waals surface area contributed by atoms with E-state index in [1.807, 2.05) is 66.9 Å². The summed E-state index contributed by atoms with van der Waals surface area (Å²) >= 11 is 0. The van der Waals surface area contributed by atoms with Crippen LogP contribution in [0.25, 0.3) is 22.4 Å². The van der Waals surface area contributed by atoms with E-state index in [2.05, 4.69) is 9.88 Å². The second-order valence-electron chi connectivity index (χ2n) is 8.06. The van der Waals surface area contributed by atoms with Gasteiger partial charge in [-0.25, -0.2) is 18.4 Å². The van der Waals surface area contributed by atoms with Gasteiger partial charge < -0.3 is 14.6 Å². The molecule has 0 unspecified atom stereocenters. The zero-order chi connectivity index (χ0) is 22.8. The van der Waals surface area contributed by atoms with Crippen molar-refractivity contribution in [2.75, 3.05) is 37.3 Å². The minimum atomic E-state index is -3.19. The van der Waals surface area contributed by atoms with E-state index in [0.29, 0.717) is 38.6 Å². The van der Waals surface area contributed by atoms with Crippen molar-refractivity contribution in [2.45, 2.75) is 6.61 Å². The number of nitrogens with one attached hydrogen (secondary N) is 1. The summed E-state index contributed by atoms with van der Waals surface area (Å²) in [6.45, 7) is 2.55. The normalized spacial score (nSPS) is 15.1. The highest BCUT2D eigenvalue weighted by Gasteiger charge is 2.26. The fraction of sp³-hybridized carbons (Fsp3) is 0.250. The Balaban J connectivity index is 1.37. The first kappa shape index (κ1) is 21.4. The van der Waals surface area contributed by atoms with Gasteiger partial charge in [-0.1, -0.05) is 30.3 Å². The number of sulfonamides is 1. The molecule has 5 rings (SSSR count). The van der Waals surface area contributed by atoms with E-state index < -0.39 is 10.0 Å². The fourth-order valence-corrected chi connectivity index (χ4v) is 4.79. The summed E-state index contributed by atoms with van der Waals surface area (Å²) < 4.78 is 31.1. The van der Waals surface area contributed by atoms with E-state index in [0.717, 1.165) is 33.7 Å². The molecule has 2 aromatic carbocycles. The van der Waals surface area contributed by atoms with Gasteiger partial charge in [0.05, 0.1) is 11.6 Å². The smallest absolute Gasteiger partial charge is 0.211 e. The fourth-order valence-electron chi connectivity index (χ4n) is 3.97. The highest BCUT2D eigenvalue weighted by Crippen LogP contribution is 2.29. The molecule has 0 atom stereocenters. The van der Waals surface area contributed by atoms with Crippen LogP contribution in [0.5, 0.6) is 5.75 Å². The number of benzene rings is 2. The maximum Gasteiger partial charge on any atom is 0.211 e. The third-order valence-corrected chi connectivity index (χ3v) is 7.07. The standard InChI is InChI=1S/C24H25N5O3S/c1-33(30,31)29-15-13-28(14-16-29)24-21-11-12-25-23(21)26-22(27-24)19-7-9-20(10-8-19)32-17-18-5-3-2-4-6-18/h2-12H,13-17H2,1H3,(H,25,26,27). The number of hydrogen-bond acceptors (Lipinski definition) is 6. The molecule has 4 aromatic rings. The molecule has 1 saturated heterocycles. The molecule has 8 nitrogen and oxygen atoms in total. The number of ether oxygens (including phenoxy) is 1. The first-order valence-corrected chi connectivity index (χ1v) is 12.6. The molecular weight excluding hydrogens is 438 g/mol. The van der Waals surface area contributed by atoms with Crippen molar-refractivity contribution in [1.29, 1.82) is 0 Å². The van der Waals surface area contributed by atoms with E-state index in [9.17, 15) is 8.42 Å². The Morgan fingerprint density at radius 1 is 0.939 bits per heavy atom. The number of piperazine rings is 1. The average molecular weight is 464 g/mol. The van der Waals surface area contributed by atoms with Crippen molar-refractivity contribution in [3.63, 3.8) is 0 Å². The van der Waals surface area contributed by atoms with Gasteiger partial charge in [0.2, 0.25) is 10.0 Å². The predicted octanol–water partition coefficient (Wildman–Crippen LogP) is 3.29. The van der Waals surface area contributed by atoms with Crippen LogP contribution in [0.4, 0.5) is 5.82 Å². The Morgan fingerprint density at radius 3 is 2.36 bits per heavy atom. The van der Waals surface area contributed by atoms with Gasteiger partial charge in [-0.05, 0) is 35.9 Å². The SMILES string of the molecule is CS(=O)(=O)N1CCN(c2nc(-c3ccc(OCc4ccccc4)cc3)nc3[nH]ccc23)CC1. The number of anilines is 1. The average Bonchev–Trinajstić information content (AvgIpc) is 3.31. The Morgan fingerprint density at radius 2 is 1.67 bits per heavy atom. The minimum absolute atomic E-state index is 0.442. The van der Waals surface area contributed by atoms with Crippen LogP contribution in [0.15, 0.2) is 66.9 Å². The quantitative estimate of drug-likeness (QED) is 0.472. The Labute approximate surface area is 192 Å². The second-order valence-corrected chi connectivity index (χ2v) is 10.0. The van der Waals surface area contributed by atoms with Gasteiger partial charge in [0.15, 0.2) is 5.82 Å². The van der Waals surface area contributed by atoms with Gasteiger partial charge in [-0.2, -0.15) is 4.31 Å². The third-order valence-electron chi connectivity index (χ3n) is 5.76. The molecule has 2 aromatic heterocycles. The zero-order valence-electron chi connectivity index (χ0n) is 18.3. The van der Waals surface area contributed by atoms with E-state index in [1.54, 1.807) is 0 Å². The number of fused-ring (bicyclic) bond motifs is 1. The lowest BCUT2D eigenvalue weighted by atomic mass is 10.2. The van der Waals surface area contributed by atoms with Crippen molar-refractivity contribution >= 4 is 26.9 Å². The van der Waals surface area contributed by atoms with Gasteiger partial charge in [-0.15, -0.1) is 0 Å². The lowest BCUT2D eigenvalue weighted by molar-refractivity contribution is 0.306. The van der Waals surface area contributed by atoms with Crippen LogP contribution in [0, 0.1) is 0 Å². The Hall–Kier alpha value is -3.43. The molecular formula is C24H25N5O3S. The lowest BCUT2D eigenvalue weighted by Crippen LogP contribution is -2.48. The summed E-state index contributed by atoms with van der Waals surface area (Å²) in [4.78, 5) is 14.9. The first-order chi connectivity index (χ1) is 16.0. The van der Waals surface area contributed by atoms with Crippen molar-refractivity contribution in [3.05, 3.63) is 72.4 Å². The highest BCUT2D eigenvalue weighted by atomic mass is 32.2. The molecule has 0 radical (unpaired) electrons. The third kappa shape index (κ3) is 4.69. The minimum Gasteiger partial charge on any atom is -0.489 e. The van der Waals surface area contributed by atoms with Gasteiger partial charge in [0.25, 0.3) is 0 Å². The van der Waals surface area contributed by atoms with Gasteiger partial charge in [0, 0.05) is 37.9 Å². The largest absolute Gasteiger partial charge is 0.489 e. The monoisotopic (exact) mass is 463 g/mol. The summed E-state index contributed by atoms with van der Waals surface area (Å²) in [6, 6.07) is 19.7. The number of aromatic amines is 1. The van der Waals surface area contributed by atoms with Gasteiger partial charge >= 0.3 is 0 Å². The predicted molar refractivity (Wildman–Crippen MR) is 129 cm³/mol. The number of aromatic nitrogens is 3. The number of H-pyrrole nitrogens is 1.